The van der Waals surface area contributed by atoms with Crippen molar-refractivity contribution in [1.29, 1.82) is 0 Å². The van der Waals surface area contributed by atoms with Crippen molar-refractivity contribution in [1.82, 2.24) is 14.8 Å². The molecule has 1 aliphatic rings. The number of aliphatic hydroxyl groups is 1. The zero-order valence-electron chi connectivity index (χ0n) is 11.3. The molecule has 5 nitrogen and oxygen atoms in total. The van der Waals surface area contributed by atoms with E-state index in [9.17, 15) is 4.79 Å². The van der Waals surface area contributed by atoms with E-state index >= 15 is 0 Å². The summed E-state index contributed by atoms with van der Waals surface area (Å²) in [6, 6.07) is 4.29. The van der Waals surface area contributed by atoms with E-state index in [2.05, 4.69) is 16.0 Å². The summed E-state index contributed by atoms with van der Waals surface area (Å²) in [6.07, 6.45) is 5.60. The Labute approximate surface area is 113 Å². The van der Waals surface area contributed by atoms with E-state index in [0.29, 0.717) is 0 Å². The van der Waals surface area contributed by atoms with Crippen molar-refractivity contribution >= 4 is 5.91 Å². The van der Waals surface area contributed by atoms with Crippen LogP contribution in [-0.4, -0.2) is 58.6 Å². The lowest BCUT2D eigenvalue weighted by molar-refractivity contribution is -0.135. The van der Waals surface area contributed by atoms with Crippen LogP contribution in [0.15, 0.2) is 24.5 Å². The Balaban J connectivity index is 1.81. The molecule has 1 aromatic rings. The van der Waals surface area contributed by atoms with Crippen molar-refractivity contribution in [3.8, 4) is 0 Å². The highest BCUT2D eigenvalue weighted by molar-refractivity contribution is 5.77. The highest BCUT2D eigenvalue weighted by atomic mass is 16.3. The Morgan fingerprint density at radius 1 is 1.53 bits per heavy atom. The summed E-state index contributed by atoms with van der Waals surface area (Å²) < 4.78 is 0. The maximum atomic E-state index is 11.4. The van der Waals surface area contributed by atoms with Gasteiger partial charge in [-0.3, -0.25) is 14.7 Å². The van der Waals surface area contributed by atoms with E-state index in [4.69, 9.17) is 5.11 Å². The standard InChI is InChI=1S/C14H21N3O2/c1-16(14(19)11-18)13-4-7-17(8-5-13)10-12-3-2-6-15-9-12/h2-3,6,9,13,18H,4-5,7-8,10-11H2,1H3. The van der Waals surface area contributed by atoms with E-state index in [1.54, 1.807) is 18.1 Å². The summed E-state index contributed by atoms with van der Waals surface area (Å²) in [5.74, 6) is -0.189. The molecule has 0 spiro atoms. The van der Waals surface area contributed by atoms with Gasteiger partial charge in [0.2, 0.25) is 5.91 Å². The quantitative estimate of drug-likeness (QED) is 0.859. The maximum Gasteiger partial charge on any atom is 0.248 e. The lowest BCUT2D eigenvalue weighted by Crippen LogP contribution is -2.46. The molecule has 1 N–H and O–H groups in total. The number of aromatic nitrogens is 1. The molecule has 5 heteroatoms. The van der Waals surface area contributed by atoms with Gasteiger partial charge in [0.1, 0.15) is 6.61 Å². The second kappa shape index (κ2) is 6.63. The lowest BCUT2D eigenvalue weighted by atomic mass is 10.0. The maximum absolute atomic E-state index is 11.4. The molecule has 0 atom stereocenters. The minimum Gasteiger partial charge on any atom is -0.387 e. The van der Waals surface area contributed by atoms with Crippen molar-refractivity contribution in [2.24, 2.45) is 0 Å². The fourth-order valence-corrected chi connectivity index (χ4v) is 2.53. The minimum atomic E-state index is -0.396. The van der Waals surface area contributed by atoms with Crippen LogP contribution in [0.3, 0.4) is 0 Å². The fourth-order valence-electron chi connectivity index (χ4n) is 2.53. The van der Waals surface area contributed by atoms with Gasteiger partial charge in [0.25, 0.3) is 0 Å². The van der Waals surface area contributed by atoms with Crippen molar-refractivity contribution in [3.63, 3.8) is 0 Å². The number of hydrogen-bond donors (Lipinski definition) is 1. The zero-order valence-corrected chi connectivity index (χ0v) is 11.3. The summed E-state index contributed by atoms with van der Waals surface area (Å²) in [4.78, 5) is 19.6. The van der Waals surface area contributed by atoms with Crippen LogP contribution >= 0.6 is 0 Å². The topological polar surface area (TPSA) is 56.7 Å². The third kappa shape index (κ3) is 3.75. The first-order valence-electron chi connectivity index (χ1n) is 6.68. The molecule has 2 rings (SSSR count). The molecule has 2 heterocycles. The Morgan fingerprint density at radius 3 is 2.84 bits per heavy atom. The van der Waals surface area contributed by atoms with E-state index < -0.39 is 6.61 Å². The van der Waals surface area contributed by atoms with Crippen LogP contribution in [0.2, 0.25) is 0 Å². The molecule has 1 aromatic heterocycles. The molecule has 0 aromatic carbocycles. The number of pyridine rings is 1. The van der Waals surface area contributed by atoms with Gasteiger partial charge in [0.15, 0.2) is 0 Å². The number of carbonyl (C=O) groups is 1. The normalized spacial score (nSPS) is 17.4. The predicted octanol–water partition coefficient (Wildman–Crippen LogP) is 0.497. The van der Waals surface area contributed by atoms with Crippen molar-refractivity contribution in [2.75, 3.05) is 26.7 Å². The second-order valence-corrected chi connectivity index (χ2v) is 5.03. The predicted molar refractivity (Wildman–Crippen MR) is 72.4 cm³/mol. The Kier molecular flexibility index (Phi) is 4.87. The molecule has 1 fully saturated rings. The first-order valence-corrected chi connectivity index (χ1v) is 6.68. The average molecular weight is 263 g/mol. The van der Waals surface area contributed by atoms with E-state index in [-0.39, 0.29) is 11.9 Å². The van der Waals surface area contributed by atoms with Crippen LogP contribution in [0.25, 0.3) is 0 Å². The van der Waals surface area contributed by atoms with Gasteiger partial charge in [0, 0.05) is 45.1 Å². The number of hydrogen-bond acceptors (Lipinski definition) is 4. The first-order chi connectivity index (χ1) is 9.20. The van der Waals surface area contributed by atoms with Crippen molar-refractivity contribution in [2.45, 2.75) is 25.4 Å². The minimum absolute atomic E-state index is 0.189. The Morgan fingerprint density at radius 2 is 2.26 bits per heavy atom. The van der Waals surface area contributed by atoms with Gasteiger partial charge in [-0.25, -0.2) is 0 Å². The van der Waals surface area contributed by atoms with Gasteiger partial charge < -0.3 is 10.0 Å². The molecule has 19 heavy (non-hydrogen) atoms. The van der Waals surface area contributed by atoms with Crippen LogP contribution in [0.1, 0.15) is 18.4 Å². The third-order valence-corrected chi connectivity index (χ3v) is 3.76. The van der Waals surface area contributed by atoms with Gasteiger partial charge in [-0.1, -0.05) is 6.07 Å². The van der Waals surface area contributed by atoms with Crippen molar-refractivity contribution in [3.05, 3.63) is 30.1 Å². The highest BCUT2D eigenvalue weighted by Gasteiger charge is 2.24. The molecule has 1 aliphatic heterocycles. The number of likely N-dealkylation sites (tertiary alicyclic amines) is 1. The molecule has 1 saturated heterocycles. The Hall–Kier alpha value is -1.46. The number of amides is 1. The summed E-state index contributed by atoms with van der Waals surface area (Å²) in [7, 11) is 1.78. The van der Waals surface area contributed by atoms with Crippen LogP contribution in [0.5, 0.6) is 0 Å². The summed E-state index contributed by atoms with van der Waals surface area (Å²) >= 11 is 0. The van der Waals surface area contributed by atoms with E-state index in [1.807, 2.05) is 12.3 Å². The molecule has 0 bridgehead atoms. The number of nitrogens with zero attached hydrogens (tertiary/aromatic N) is 3. The van der Waals surface area contributed by atoms with Gasteiger partial charge in [-0.15, -0.1) is 0 Å². The highest BCUT2D eigenvalue weighted by Crippen LogP contribution is 2.17. The molecule has 0 unspecified atom stereocenters. The second-order valence-electron chi connectivity index (χ2n) is 5.03. The number of aliphatic hydroxyl groups excluding tert-OH is 1. The monoisotopic (exact) mass is 263 g/mol. The van der Waals surface area contributed by atoms with Gasteiger partial charge in [-0.2, -0.15) is 0 Å². The van der Waals surface area contributed by atoms with Crippen LogP contribution in [0.4, 0.5) is 0 Å². The van der Waals surface area contributed by atoms with Gasteiger partial charge in [-0.05, 0) is 24.5 Å². The molecule has 104 valence electrons. The largest absolute Gasteiger partial charge is 0.387 e. The lowest BCUT2D eigenvalue weighted by Gasteiger charge is -2.36. The molecular weight excluding hydrogens is 242 g/mol. The summed E-state index contributed by atoms with van der Waals surface area (Å²) in [6.45, 7) is 2.47. The van der Waals surface area contributed by atoms with Crippen LogP contribution in [0, 0.1) is 0 Å². The first kappa shape index (κ1) is 14.0. The molecule has 0 radical (unpaired) electrons. The number of likely N-dealkylation sites (N-methyl/N-ethyl adjacent to an activating group) is 1. The third-order valence-electron chi connectivity index (χ3n) is 3.76. The van der Waals surface area contributed by atoms with Crippen LogP contribution < -0.4 is 0 Å². The molecule has 0 saturated carbocycles. The fraction of sp³-hybridized carbons (Fsp3) is 0.571. The van der Waals surface area contributed by atoms with Gasteiger partial charge in [0.05, 0.1) is 0 Å². The summed E-state index contributed by atoms with van der Waals surface area (Å²) in [5.41, 5.74) is 1.22. The zero-order chi connectivity index (χ0) is 13.7. The summed E-state index contributed by atoms with van der Waals surface area (Å²) in [5, 5.41) is 8.87. The average Bonchev–Trinajstić information content (AvgIpc) is 2.47. The van der Waals surface area contributed by atoms with Crippen LogP contribution in [-0.2, 0) is 11.3 Å². The van der Waals surface area contributed by atoms with E-state index in [0.717, 1.165) is 32.5 Å². The number of carbonyl (C=O) groups excluding carboxylic acids is 1. The van der Waals surface area contributed by atoms with E-state index in [1.165, 1.54) is 5.56 Å². The Bertz CT molecular complexity index is 402. The smallest absolute Gasteiger partial charge is 0.248 e. The SMILES string of the molecule is CN(C(=O)CO)C1CCN(Cc2cccnc2)CC1. The molecule has 1 amide bonds. The number of rotatable bonds is 4. The van der Waals surface area contributed by atoms with Crippen molar-refractivity contribution < 1.29 is 9.90 Å². The number of piperidine rings is 1. The van der Waals surface area contributed by atoms with Gasteiger partial charge >= 0.3 is 0 Å². The molecular formula is C14H21N3O2. The molecule has 0 aliphatic carbocycles.